The fourth-order valence-electron chi connectivity index (χ4n) is 2.30. The molecule has 2 rings (SSSR count). The Balaban J connectivity index is 2.45. The van der Waals surface area contributed by atoms with Gasteiger partial charge in [0.05, 0.1) is 0 Å². The maximum atomic E-state index is 12.3. The molecule has 1 heterocycles. The summed E-state index contributed by atoms with van der Waals surface area (Å²) in [6.07, 6.45) is 0.597. The minimum Gasteiger partial charge on any atom is -0.343 e. The monoisotopic (exact) mass is 324 g/mol. The van der Waals surface area contributed by atoms with Gasteiger partial charge < -0.3 is 5.32 Å². The van der Waals surface area contributed by atoms with Crippen LogP contribution >= 0.6 is 15.9 Å². The van der Waals surface area contributed by atoms with E-state index in [-0.39, 0.29) is 11.8 Å². The third kappa shape index (κ3) is 2.52. The molecule has 0 aliphatic carbocycles. The molecule has 1 aromatic carbocycles. The van der Waals surface area contributed by atoms with Gasteiger partial charge in [0, 0.05) is 10.2 Å². The van der Waals surface area contributed by atoms with Crippen LogP contribution in [0.3, 0.4) is 0 Å². The molecular weight excluding hydrogens is 308 g/mol. The number of hydrogen-bond donors (Lipinski definition) is 1. The van der Waals surface area contributed by atoms with Gasteiger partial charge in [0.1, 0.15) is 12.1 Å². The third-order valence-corrected chi connectivity index (χ3v) is 4.28. The van der Waals surface area contributed by atoms with E-state index in [2.05, 4.69) is 21.2 Å². The number of carbonyl (C=O) groups excluding carboxylic acids is 2. The number of nitrogens with zero attached hydrogens (tertiary/aromatic N) is 1. The molecule has 0 bridgehead atoms. The third-order valence-electron chi connectivity index (χ3n) is 3.39. The fourth-order valence-corrected chi connectivity index (χ4v) is 2.55. The highest BCUT2D eigenvalue weighted by molar-refractivity contribution is 9.10. The zero-order chi connectivity index (χ0) is 14.2. The van der Waals surface area contributed by atoms with E-state index in [0.29, 0.717) is 6.42 Å². The largest absolute Gasteiger partial charge is 0.343 e. The Labute approximate surface area is 121 Å². The van der Waals surface area contributed by atoms with Crippen molar-refractivity contribution in [2.75, 3.05) is 4.90 Å². The molecule has 1 aliphatic rings. The van der Waals surface area contributed by atoms with Crippen molar-refractivity contribution < 1.29 is 9.59 Å². The van der Waals surface area contributed by atoms with E-state index < -0.39 is 12.1 Å². The molecule has 102 valence electrons. The Kier molecular flexibility index (Phi) is 3.94. The number of carbonyl (C=O) groups is 2. The summed E-state index contributed by atoms with van der Waals surface area (Å²) >= 11 is 3.44. The number of hydrogen-bond acceptors (Lipinski definition) is 2. The van der Waals surface area contributed by atoms with E-state index in [1.54, 1.807) is 11.8 Å². The first-order valence-corrected chi connectivity index (χ1v) is 7.14. The first kappa shape index (κ1) is 14.1. The van der Waals surface area contributed by atoms with Gasteiger partial charge in [0.2, 0.25) is 11.8 Å². The Morgan fingerprint density at radius 3 is 2.63 bits per heavy atom. The second-order valence-electron chi connectivity index (χ2n) is 4.80. The molecule has 2 amide bonds. The predicted octanol–water partition coefficient (Wildman–Crippen LogP) is 2.39. The molecule has 1 aromatic rings. The number of halogens is 1. The van der Waals surface area contributed by atoms with Gasteiger partial charge in [0.25, 0.3) is 0 Å². The van der Waals surface area contributed by atoms with E-state index in [4.69, 9.17) is 0 Å². The first-order chi connectivity index (χ1) is 8.95. The van der Waals surface area contributed by atoms with Crippen LogP contribution < -0.4 is 10.2 Å². The number of aryl methyl sites for hydroxylation is 1. The summed E-state index contributed by atoms with van der Waals surface area (Å²) in [6.45, 7) is 5.59. The van der Waals surface area contributed by atoms with Crippen molar-refractivity contribution in [2.24, 2.45) is 0 Å². The fraction of sp³-hybridized carbons (Fsp3) is 0.429. The zero-order valence-electron chi connectivity index (χ0n) is 11.2. The van der Waals surface area contributed by atoms with Gasteiger partial charge >= 0.3 is 0 Å². The number of benzene rings is 1. The molecule has 1 N–H and O–H groups in total. The molecule has 0 aromatic heterocycles. The van der Waals surface area contributed by atoms with Crippen molar-refractivity contribution in [3.8, 4) is 0 Å². The maximum Gasteiger partial charge on any atom is 0.250 e. The number of rotatable bonds is 2. The molecule has 1 saturated heterocycles. The van der Waals surface area contributed by atoms with Gasteiger partial charge in [-0.1, -0.05) is 22.9 Å². The second-order valence-corrected chi connectivity index (χ2v) is 5.65. The van der Waals surface area contributed by atoms with E-state index in [1.165, 1.54) is 0 Å². The normalized spacial score (nSPS) is 23.5. The van der Waals surface area contributed by atoms with E-state index >= 15 is 0 Å². The first-order valence-electron chi connectivity index (χ1n) is 6.35. The predicted molar refractivity (Wildman–Crippen MR) is 78.0 cm³/mol. The van der Waals surface area contributed by atoms with Crippen LogP contribution in [0.1, 0.15) is 25.8 Å². The van der Waals surface area contributed by atoms with Crippen LogP contribution in [0.2, 0.25) is 0 Å². The number of amides is 2. The standard InChI is InChI=1S/C14H17BrN2O2/c1-4-12-13(18)16-9(3)14(19)17(12)10-5-6-11(15)8(2)7-10/h5-7,9,12H,4H2,1-3H3,(H,16,18). The number of anilines is 1. The van der Waals surface area contributed by atoms with Crippen molar-refractivity contribution in [1.82, 2.24) is 5.32 Å². The second kappa shape index (κ2) is 5.33. The number of nitrogens with one attached hydrogen (secondary N) is 1. The Bertz CT molecular complexity index is 530. The molecule has 1 fully saturated rings. The molecule has 0 spiro atoms. The molecule has 0 radical (unpaired) electrons. The highest BCUT2D eigenvalue weighted by Crippen LogP contribution is 2.27. The molecule has 5 heteroatoms. The highest BCUT2D eigenvalue weighted by atomic mass is 79.9. The lowest BCUT2D eigenvalue weighted by Gasteiger charge is -2.37. The lowest BCUT2D eigenvalue weighted by Crippen LogP contribution is -2.62. The SMILES string of the molecule is CCC1C(=O)NC(C)C(=O)N1c1ccc(Br)c(C)c1. The van der Waals surface area contributed by atoms with E-state index in [9.17, 15) is 9.59 Å². The van der Waals surface area contributed by atoms with Gasteiger partial charge in [0.15, 0.2) is 0 Å². The zero-order valence-corrected chi connectivity index (χ0v) is 12.8. The number of piperazine rings is 1. The van der Waals surface area contributed by atoms with Crippen molar-refractivity contribution in [3.63, 3.8) is 0 Å². The Morgan fingerprint density at radius 2 is 2.05 bits per heavy atom. The Morgan fingerprint density at radius 1 is 1.37 bits per heavy atom. The molecule has 0 saturated carbocycles. The summed E-state index contributed by atoms with van der Waals surface area (Å²) in [5.74, 6) is -0.150. The molecule has 4 nitrogen and oxygen atoms in total. The smallest absolute Gasteiger partial charge is 0.250 e. The highest BCUT2D eigenvalue weighted by Gasteiger charge is 2.38. The Hall–Kier alpha value is -1.36. The molecular formula is C14H17BrN2O2. The van der Waals surface area contributed by atoms with Crippen LogP contribution in [-0.2, 0) is 9.59 Å². The van der Waals surface area contributed by atoms with Crippen LogP contribution in [0.5, 0.6) is 0 Å². The summed E-state index contributed by atoms with van der Waals surface area (Å²) in [5.41, 5.74) is 1.82. The summed E-state index contributed by atoms with van der Waals surface area (Å²) in [6, 6.07) is 4.80. The van der Waals surface area contributed by atoms with E-state index in [1.807, 2.05) is 32.0 Å². The van der Waals surface area contributed by atoms with Crippen LogP contribution in [-0.4, -0.2) is 23.9 Å². The average molecular weight is 325 g/mol. The van der Waals surface area contributed by atoms with Crippen molar-refractivity contribution in [2.45, 2.75) is 39.3 Å². The lowest BCUT2D eigenvalue weighted by molar-refractivity contribution is -0.133. The molecule has 2 unspecified atom stereocenters. The molecule has 2 atom stereocenters. The van der Waals surface area contributed by atoms with Gasteiger partial charge in [-0.2, -0.15) is 0 Å². The van der Waals surface area contributed by atoms with Crippen molar-refractivity contribution in [1.29, 1.82) is 0 Å². The molecule has 19 heavy (non-hydrogen) atoms. The van der Waals surface area contributed by atoms with Gasteiger partial charge in [-0.15, -0.1) is 0 Å². The van der Waals surface area contributed by atoms with Crippen molar-refractivity contribution >= 4 is 33.4 Å². The molecule has 1 aliphatic heterocycles. The van der Waals surface area contributed by atoms with Gasteiger partial charge in [-0.05, 0) is 44.0 Å². The summed E-state index contributed by atoms with van der Waals surface area (Å²) in [5, 5.41) is 2.72. The average Bonchev–Trinajstić information content (AvgIpc) is 2.37. The summed E-state index contributed by atoms with van der Waals surface area (Å²) in [7, 11) is 0. The lowest BCUT2D eigenvalue weighted by atomic mass is 10.0. The summed E-state index contributed by atoms with van der Waals surface area (Å²) < 4.78 is 0.992. The van der Waals surface area contributed by atoms with Crippen molar-refractivity contribution in [3.05, 3.63) is 28.2 Å². The van der Waals surface area contributed by atoms with E-state index in [0.717, 1.165) is 15.7 Å². The van der Waals surface area contributed by atoms with Crippen LogP contribution in [0.25, 0.3) is 0 Å². The van der Waals surface area contributed by atoms with Crippen LogP contribution in [0, 0.1) is 6.92 Å². The van der Waals surface area contributed by atoms with Gasteiger partial charge in [-0.25, -0.2) is 0 Å². The summed E-state index contributed by atoms with van der Waals surface area (Å²) in [4.78, 5) is 26.0. The van der Waals surface area contributed by atoms with Crippen LogP contribution in [0.4, 0.5) is 5.69 Å². The quantitative estimate of drug-likeness (QED) is 0.908. The maximum absolute atomic E-state index is 12.3. The topological polar surface area (TPSA) is 49.4 Å². The van der Waals surface area contributed by atoms with Gasteiger partial charge in [-0.3, -0.25) is 14.5 Å². The van der Waals surface area contributed by atoms with Crippen LogP contribution in [0.15, 0.2) is 22.7 Å². The minimum absolute atomic E-state index is 0.0619. The minimum atomic E-state index is -0.473.